The topological polar surface area (TPSA) is 32.7 Å². The van der Waals surface area contributed by atoms with E-state index in [1.54, 1.807) is 0 Å². The fourth-order valence-electron chi connectivity index (χ4n) is 3.98. The number of para-hydroxylation sites is 2. The molecule has 1 N–H and O–H groups in total. The van der Waals surface area contributed by atoms with Gasteiger partial charge in [0, 0.05) is 23.9 Å². The molecule has 0 radical (unpaired) electrons. The monoisotopic (exact) mass is 307 g/mol. The van der Waals surface area contributed by atoms with Gasteiger partial charge in [0.05, 0.1) is 12.0 Å². The fraction of sp³-hybridized carbons (Fsp3) is 0.300. The smallest absolute Gasteiger partial charge is 0.211 e. The summed E-state index contributed by atoms with van der Waals surface area (Å²) in [5.74, 6) is 0.783. The van der Waals surface area contributed by atoms with Crippen molar-refractivity contribution in [2.45, 2.75) is 31.6 Å². The number of likely N-dealkylation sites (N-methyl/N-ethyl adjacent to an activating group) is 1. The first-order chi connectivity index (χ1) is 11.0. The van der Waals surface area contributed by atoms with Gasteiger partial charge in [-0.3, -0.25) is 0 Å². The number of hydrogen-bond donors (Lipinski definition) is 1. The summed E-state index contributed by atoms with van der Waals surface area (Å²) in [6.07, 6.45) is 4.26. The van der Waals surface area contributed by atoms with Crippen molar-refractivity contribution >= 4 is 11.8 Å². The number of anilines is 1. The van der Waals surface area contributed by atoms with Crippen LogP contribution in [0.5, 0.6) is 5.75 Å². The lowest BCUT2D eigenvalue weighted by atomic mass is 9.76. The van der Waals surface area contributed by atoms with E-state index in [2.05, 4.69) is 62.2 Å². The highest BCUT2D eigenvalue weighted by atomic mass is 16.5. The van der Waals surface area contributed by atoms with Gasteiger partial charge in [0.25, 0.3) is 0 Å². The fourth-order valence-corrected chi connectivity index (χ4v) is 3.98. The molecular weight excluding hydrogens is 286 g/mol. The van der Waals surface area contributed by atoms with Crippen LogP contribution in [-0.2, 0) is 12.0 Å². The van der Waals surface area contributed by atoms with Crippen molar-refractivity contribution in [2.75, 3.05) is 11.9 Å². The molecule has 0 aliphatic carbocycles. The predicted octanol–water partition coefficient (Wildman–Crippen LogP) is 3.71. The van der Waals surface area contributed by atoms with Gasteiger partial charge in [-0.25, -0.2) is 0 Å². The summed E-state index contributed by atoms with van der Waals surface area (Å²) in [5, 5.41) is 9.68. The third-order valence-electron chi connectivity index (χ3n) is 5.38. The Hall–Kier alpha value is -2.26. The molecule has 0 amide bonds. The third kappa shape index (κ3) is 1.68. The molecule has 23 heavy (non-hydrogen) atoms. The molecule has 2 heterocycles. The number of rotatable bonds is 1. The molecule has 2 aliphatic heterocycles. The zero-order valence-electron chi connectivity index (χ0n) is 13.7. The van der Waals surface area contributed by atoms with Gasteiger partial charge >= 0.3 is 0 Å². The minimum absolute atomic E-state index is 0.0236. The van der Waals surface area contributed by atoms with Gasteiger partial charge in [-0.1, -0.05) is 36.4 Å². The summed E-state index contributed by atoms with van der Waals surface area (Å²) in [5.41, 5.74) is 3.50. The second-order valence-electron chi connectivity index (χ2n) is 6.83. The number of aliphatic hydroxyl groups is 1. The van der Waals surface area contributed by atoms with Crippen molar-refractivity contribution in [3.8, 4) is 5.75 Å². The molecule has 0 aromatic heterocycles. The Morgan fingerprint density at radius 2 is 1.87 bits per heavy atom. The molecule has 2 aromatic rings. The van der Waals surface area contributed by atoms with E-state index in [4.69, 9.17) is 4.74 Å². The van der Waals surface area contributed by atoms with Crippen molar-refractivity contribution in [3.05, 3.63) is 65.2 Å². The Morgan fingerprint density at radius 3 is 2.61 bits per heavy atom. The van der Waals surface area contributed by atoms with Crippen molar-refractivity contribution in [2.24, 2.45) is 0 Å². The molecule has 0 unspecified atom stereocenters. The summed E-state index contributed by atoms with van der Waals surface area (Å²) in [6.45, 7) is 4.41. The minimum atomic E-state index is -0.588. The minimum Gasteiger partial charge on any atom is -0.462 e. The molecule has 1 spiro atoms. The molecule has 2 aliphatic rings. The Balaban J connectivity index is 1.91. The molecule has 2 aromatic carbocycles. The first-order valence-corrected chi connectivity index (χ1v) is 7.95. The maximum atomic E-state index is 9.68. The molecule has 118 valence electrons. The Kier molecular flexibility index (Phi) is 2.88. The lowest BCUT2D eigenvalue weighted by Gasteiger charge is -2.46. The van der Waals surface area contributed by atoms with Gasteiger partial charge in [-0.15, -0.1) is 0 Å². The van der Waals surface area contributed by atoms with Crippen LogP contribution in [0.2, 0.25) is 0 Å². The number of ether oxygens (including phenoxy) is 1. The Bertz CT molecular complexity index is 809. The van der Waals surface area contributed by atoms with Crippen LogP contribution in [0.1, 0.15) is 30.5 Å². The van der Waals surface area contributed by atoms with E-state index in [9.17, 15) is 5.11 Å². The van der Waals surface area contributed by atoms with Crippen LogP contribution in [0.3, 0.4) is 0 Å². The molecule has 0 saturated carbocycles. The van der Waals surface area contributed by atoms with Gasteiger partial charge in [0.2, 0.25) is 5.72 Å². The van der Waals surface area contributed by atoms with E-state index in [0.29, 0.717) is 0 Å². The van der Waals surface area contributed by atoms with E-state index in [-0.39, 0.29) is 12.0 Å². The first-order valence-electron chi connectivity index (χ1n) is 7.95. The SMILES string of the molecule is CN1c2ccccc2C(C)(C)[C@]12C=Cc1cccc(CO)c1O2. The highest BCUT2D eigenvalue weighted by molar-refractivity contribution is 5.72. The van der Waals surface area contributed by atoms with Crippen LogP contribution >= 0.6 is 0 Å². The lowest BCUT2D eigenvalue weighted by Crippen LogP contribution is -2.58. The van der Waals surface area contributed by atoms with Crippen molar-refractivity contribution in [3.63, 3.8) is 0 Å². The summed E-state index contributed by atoms with van der Waals surface area (Å²) in [4.78, 5) is 2.20. The zero-order chi connectivity index (χ0) is 16.2. The standard InChI is InChI=1S/C20H21NO2/c1-19(2)16-9-4-5-10-17(16)21(3)20(19)12-11-14-7-6-8-15(13-22)18(14)23-20/h4-12,22H,13H2,1-3H3/t20-/m1/s1. The maximum Gasteiger partial charge on any atom is 0.211 e. The summed E-state index contributed by atoms with van der Waals surface area (Å²) < 4.78 is 6.59. The number of nitrogens with zero attached hydrogens (tertiary/aromatic N) is 1. The van der Waals surface area contributed by atoms with E-state index in [1.807, 2.05) is 18.2 Å². The molecule has 4 rings (SSSR count). The highest BCUT2D eigenvalue weighted by Gasteiger charge is 2.57. The quantitative estimate of drug-likeness (QED) is 0.872. The summed E-state index contributed by atoms with van der Waals surface area (Å²) in [6, 6.07) is 14.3. The number of aliphatic hydroxyl groups excluding tert-OH is 1. The summed E-state index contributed by atoms with van der Waals surface area (Å²) >= 11 is 0. The lowest BCUT2D eigenvalue weighted by molar-refractivity contribution is 0.0557. The van der Waals surface area contributed by atoms with E-state index in [0.717, 1.165) is 16.9 Å². The highest BCUT2D eigenvalue weighted by Crippen LogP contribution is 2.54. The number of fused-ring (bicyclic) bond motifs is 2. The number of benzene rings is 2. The van der Waals surface area contributed by atoms with Crippen LogP contribution in [0.25, 0.3) is 6.08 Å². The number of hydrogen-bond acceptors (Lipinski definition) is 3. The molecular formula is C20H21NO2. The first kappa shape index (κ1) is 14.3. The Labute approximate surface area is 136 Å². The van der Waals surface area contributed by atoms with Crippen LogP contribution in [0, 0.1) is 0 Å². The summed E-state index contributed by atoms with van der Waals surface area (Å²) in [7, 11) is 2.07. The molecule has 3 heteroatoms. The van der Waals surface area contributed by atoms with Gasteiger partial charge in [-0.2, -0.15) is 0 Å². The third-order valence-corrected chi connectivity index (χ3v) is 5.38. The average molecular weight is 307 g/mol. The van der Waals surface area contributed by atoms with E-state index in [1.165, 1.54) is 11.3 Å². The second-order valence-corrected chi connectivity index (χ2v) is 6.83. The van der Waals surface area contributed by atoms with Crippen molar-refractivity contribution in [1.82, 2.24) is 0 Å². The van der Waals surface area contributed by atoms with E-state index < -0.39 is 5.72 Å². The maximum absolute atomic E-state index is 9.68. The van der Waals surface area contributed by atoms with Crippen LogP contribution in [0.15, 0.2) is 48.5 Å². The van der Waals surface area contributed by atoms with Crippen LogP contribution < -0.4 is 9.64 Å². The van der Waals surface area contributed by atoms with Crippen LogP contribution in [-0.4, -0.2) is 17.9 Å². The van der Waals surface area contributed by atoms with Crippen molar-refractivity contribution in [1.29, 1.82) is 0 Å². The molecule has 3 nitrogen and oxygen atoms in total. The molecule has 0 saturated heterocycles. The second kappa shape index (κ2) is 4.62. The molecule has 1 atom stereocenters. The predicted molar refractivity (Wildman–Crippen MR) is 92.6 cm³/mol. The van der Waals surface area contributed by atoms with Gasteiger partial charge in [0.1, 0.15) is 5.75 Å². The molecule has 0 fully saturated rings. The molecule has 0 bridgehead atoms. The van der Waals surface area contributed by atoms with Gasteiger partial charge in [-0.05, 0) is 37.6 Å². The average Bonchev–Trinajstić information content (AvgIpc) is 2.74. The van der Waals surface area contributed by atoms with Gasteiger partial charge < -0.3 is 14.7 Å². The van der Waals surface area contributed by atoms with Crippen LogP contribution in [0.4, 0.5) is 5.69 Å². The van der Waals surface area contributed by atoms with Crippen molar-refractivity contribution < 1.29 is 9.84 Å². The van der Waals surface area contributed by atoms with Gasteiger partial charge in [0.15, 0.2) is 0 Å². The normalized spacial score (nSPS) is 23.6. The Morgan fingerprint density at radius 1 is 1.09 bits per heavy atom. The zero-order valence-corrected chi connectivity index (χ0v) is 13.7. The van der Waals surface area contributed by atoms with E-state index >= 15 is 0 Å². The largest absolute Gasteiger partial charge is 0.462 e.